The number of allylic oxidation sites excluding steroid dienone is 2. The number of rotatable bonds is 0. The van der Waals surface area contributed by atoms with E-state index in [1.807, 2.05) is 0 Å². The number of fused-ring (bicyclic) bond motifs is 4. The summed E-state index contributed by atoms with van der Waals surface area (Å²) in [5.74, 6) is 1.34. The molecular formula is C19H19Br. The van der Waals surface area contributed by atoms with Crippen LogP contribution in [0.15, 0.2) is 47.0 Å². The number of hydrogen-bond acceptors (Lipinski definition) is 0. The third-order valence-electron chi connectivity index (χ3n) is 5.40. The van der Waals surface area contributed by atoms with Crippen molar-refractivity contribution < 1.29 is 0 Å². The van der Waals surface area contributed by atoms with Gasteiger partial charge in [-0.25, -0.2) is 0 Å². The maximum Gasteiger partial charge on any atom is 0.0294 e. The van der Waals surface area contributed by atoms with Gasteiger partial charge in [0.2, 0.25) is 0 Å². The Morgan fingerprint density at radius 3 is 2.85 bits per heavy atom. The molecule has 2 aromatic rings. The minimum Gasteiger partial charge on any atom is -0.0879 e. The first-order chi connectivity index (χ1) is 9.60. The van der Waals surface area contributed by atoms with Crippen molar-refractivity contribution in [1.29, 1.82) is 0 Å². The minimum absolute atomic E-state index is 0.275. The molecule has 0 bridgehead atoms. The van der Waals surface area contributed by atoms with Crippen LogP contribution in [0.5, 0.6) is 0 Å². The largest absolute Gasteiger partial charge is 0.0879 e. The Morgan fingerprint density at radius 2 is 2.00 bits per heavy atom. The second kappa shape index (κ2) is 4.21. The normalized spacial score (nSPS) is 26.6. The van der Waals surface area contributed by atoms with Crippen LogP contribution in [0.25, 0.3) is 10.8 Å². The van der Waals surface area contributed by atoms with Gasteiger partial charge in [-0.2, -0.15) is 0 Å². The highest BCUT2D eigenvalue weighted by atomic mass is 79.9. The molecule has 0 radical (unpaired) electrons. The molecule has 20 heavy (non-hydrogen) atoms. The van der Waals surface area contributed by atoms with E-state index in [4.69, 9.17) is 0 Å². The molecule has 2 atom stereocenters. The van der Waals surface area contributed by atoms with Crippen LogP contribution in [-0.2, 0) is 5.41 Å². The standard InChI is InChI=1S/C19H19Br/c1-19(2)15-10-6-5-9-14(15)17-16(19)11-12-7-3-4-8-13(12)18(17)20/h3-5,7-9,11,14-15H,6,10H2,1-2H3. The van der Waals surface area contributed by atoms with E-state index >= 15 is 0 Å². The van der Waals surface area contributed by atoms with Gasteiger partial charge in [-0.15, -0.1) is 0 Å². The molecule has 0 saturated heterocycles. The van der Waals surface area contributed by atoms with Gasteiger partial charge < -0.3 is 0 Å². The molecule has 2 aromatic carbocycles. The average Bonchev–Trinajstić information content (AvgIpc) is 2.69. The van der Waals surface area contributed by atoms with E-state index in [1.54, 1.807) is 5.56 Å². The van der Waals surface area contributed by atoms with Crippen LogP contribution in [0.4, 0.5) is 0 Å². The van der Waals surface area contributed by atoms with Gasteiger partial charge in [0.15, 0.2) is 0 Å². The Balaban J connectivity index is 2.08. The lowest BCUT2D eigenvalue weighted by molar-refractivity contribution is 0.301. The molecule has 1 heteroatoms. The van der Waals surface area contributed by atoms with Gasteiger partial charge in [-0.1, -0.05) is 56.3 Å². The summed E-state index contributed by atoms with van der Waals surface area (Å²) in [4.78, 5) is 0. The van der Waals surface area contributed by atoms with Gasteiger partial charge >= 0.3 is 0 Å². The summed E-state index contributed by atoms with van der Waals surface area (Å²) in [5.41, 5.74) is 3.36. The molecule has 4 rings (SSSR count). The summed E-state index contributed by atoms with van der Waals surface area (Å²) in [6.45, 7) is 4.85. The summed E-state index contributed by atoms with van der Waals surface area (Å²) >= 11 is 3.91. The van der Waals surface area contributed by atoms with E-state index in [0.717, 1.165) is 5.92 Å². The lowest BCUT2D eigenvalue weighted by atomic mass is 9.72. The highest BCUT2D eigenvalue weighted by Crippen LogP contribution is 2.57. The fourth-order valence-corrected chi connectivity index (χ4v) is 5.16. The van der Waals surface area contributed by atoms with Crippen molar-refractivity contribution in [2.24, 2.45) is 5.92 Å². The Hall–Kier alpha value is -1.08. The van der Waals surface area contributed by atoms with Crippen molar-refractivity contribution in [1.82, 2.24) is 0 Å². The lowest BCUT2D eigenvalue weighted by Gasteiger charge is -2.32. The summed E-state index contributed by atoms with van der Waals surface area (Å²) < 4.78 is 1.32. The SMILES string of the molecule is CC1(C)c2cc3ccccc3c(Br)c2C2C=CCCC21. The first-order valence-corrected chi connectivity index (χ1v) is 8.28. The van der Waals surface area contributed by atoms with E-state index in [1.165, 1.54) is 33.7 Å². The van der Waals surface area contributed by atoms with Crippen LogP contribution in [0, 0.1) is 5.92 Å². The molecule has 0 fully saturated rings. The van der Waals surface area contributed by atoms with Crippen LogP contribution in [0.3, 0.4) is 0 Å². The maximum atomic E-state index is 3.91. The van der Waals surface area contributed by atoms with Crippen LogP contribution in [-0.4, -0.2) is 0 Å². The first-order valence-electron chi connectivity index (χ1n) is 7.49. The van der Waals surface area contributed by atoms with E-state index in [0.29, 0.717) is 5.92 Å². The number of hydrogen-bond donors (Lipinski definition) is 0. The predicted molar refractivity (Wildman–Crippen MR) is 89.3 cm³/mol. The number of halogens is 1. The molecule has 102 valence electrons. The van der Waals surface area contributed by atoms with E-state index in [2.05, 4.69) is 72.3 Å². The molecule has 0 saturated carbocycles. The zero-order valence-electron chi connectivity index (χ0n) is 12.0. The fourth-order valence-electron chi connectivity index (χ4n) is 4.32. The second-order valence-electron chi connectivity index (χ2n) is 6.73. The Bertz CT molecular complexity index is 724. The van der Waals surface area contributed by atoms with Gasteiger partial charge in [0, 0.05) is 10.4 Å². The highest BCUT2D eigenvalue weighted by molar-refractivity contribution is 9.10. The molecule has 2 aliphatic carbocycles. The summed E-state index contributed by atoms with van der Waals surface area (Å²) in [6.07, 6.45) is 7.36. The molecule has 0 amide bonds. The van der Waals surface area contributed by atoms with Crippen molar-refractivity contribution in [3.05, 3.63) is 58.1 Å². The smallest absolute Gasteiger partial charge is 0.0294 e. The second-order valence-corrected chi connectivity index (χ2v) is 7.53. The molecule has 0 aromatic heterocycles. The third kappa shape index (κ3) is 1.53. The monoisotopic (exact) mass is 326 g/mol. The molecule has 0 aliphatic heterocycles. The predicted octanol–water partition coefficient (Wildman–Crippen LogP) is 5.94. The van der Waals surface area contributed by atoms with Crippen LogP contribution >= 0.6 is 15.9 Å². The molecular weight excluding hydrogens is 308 g/mol. The molecule has 0 spiro atoms. The Labute approximate surface area is 129 Å². The maximum absolute atomic E-state index is 3.91. The topological polar surface area (TPSA) is 0 Å². The highest BCUT2D eigenvalue weighted by Gasteiger charge is 2.46. The lowest BCUT2D eigenvalue weighted by Crippen LogP contribution is -2.26. The van der Waals surface area contributed by atoms with E-state index in [-0.39, 0.29) is 5.41 Å². The van der Waals surface area contributed by atoms with E-state index in [9.17, 15) is 0 Å². The third-order valence-corrected chi connectivity index (χ3v) is 6.25. The van der Waals surface area contributed by atoms with Crippen molar-refractivity contribution in [3.63, 3.8) is 0 Å². The fraction of sp³-hybridized carbons (Fsp3) is 0.368. The van der Waals surface area contributed by atoms with Crippen molar-refractivity contribution in [3.8, 4) is 0 Å². The van der Waals surface area contributed by atoms with Gasteiger partial charge in [0.05, 0.1) is 0 Å². The minimum atomic E-state index is 0.275. The Morgan fingerprint density at radius 1 is 1.20 bits per heavy atom. The molecule has 0 N–H and O–H groups in total. The quantitative estimate of drug-likeness (QED) is 0.525. The van der Waals surface area contributed by atoms with Gasteiger partial charge in [-0.3, -0.25) is 0 Å². The van der Waals surface area contributed by atoms with Crippen LogP contribution < -0.4 is 0 Å². The van der Waals surface area contributed by atoms with E-state index < -0.39 is 0 Å². The average molecular weight is 327 g/mol. The van der Waals surface area contributed by atoms with Crippen molar-refractivity contribution >= 4 is 26.7 Å². The van der Waals surface area contributed by atoms with Gasteiger partial charge in [0.25, 0.3) is 0 Å². The zero-order chi connectivity index (χ0) is 13.9. The molecule has 0 nitrogen and oxygen atoms in total. The van der Waals surface area contributed by atoms with Crippen LogP contribution in [0.1, 0.15) is 43.7 Å². The zero-order valence-corrected chi connectivity index (χ0v) is 13.6. The Kier molecular flexibility index (Phi) is 2.66. The first kappa shape index (κ1) is 12.6. The molecule has 0 heterocycles. The number of benzene rings is 2. The van der Waals surface area contributed by atoms with Crippen molar-refractivity contribution in [2.45, 2.75) is 38.0 Å². The summed E-state index contributed by atoms with van der Waals surface area (Å²) in [6, 6.07) is 11.2. The molecule has 2 aliphatic rings. The summed E-state index contributed by atoms with van der Waals surface area (Å²) in [7, 11) is 0. The van der Waals surface area contributed by atoms with Crippen LogP contribution in [0.2, 0.25) is 0 Å². The van der Waals surface area contributed by atoms with Gasteiger partial charge in [0.1, 0.15) is 0 Å². The van der Waals surface area contributed by atoms with Crippen molar-refractivity contribution in [2.75, 3.05) is 0 Å². The van der Waals surface area contributed by atoms with Gasteiger partial charge in [-0.05, 0) is 62.0 Å². The summed E-state index contributed by atoms with van der Waals surface area (Å²) in [5, 5.41) is 2.70. The molecule has 2 unspecified atom stereocenters.